The van der Waals surface area contributed by atoms with E-state index in [1.54, 1.807) is 11.3 Å². The largest absolute Gasteiger partial charge is 0.333 e. The minimum atomic E-state index is 0.184. The predicted octanol–water partition coefficient (Wildman–Crippen LogP) is 2.51. The van der Waals surface area contributed by atoms with E-state index in [-0.39, 0.29) is 11.9 Å². The van der Waals surface area contributed by atoms with Crippen molar-refractivity contribution in [3.8, 4) is 0 Å². The maximum atomic E-state index is 12.6. The lowest BCUT2D eigenvalue weighted by atomic mass is 9.90. The molecule has 2 N–H and O–H groups in total. The Kier molecular flexibility index (Phi) is 4.40. The summed E-state index contributed by atoms with van der Waals surface area (Å²) in [5.74, 6) is 0.696. The third-order valence-electron chi connectivity index (χ3n) is 3.94. The molecule has 2 rings (SSSR count). The standard InChI is InChI=1S/C14H22N2OS/c1-3-11-6-8-18-13(11)14(17)16-7-4-5-10(2)12(16)9-15/h6,8,10,12H,3-5,7,9,15H2,1-2H3/t10-,12-/m0/s1. The van der Waals surface area contributed by atoms with E-state index in [1.165, 1.54) is 12.0 Å². The molecule has 0 saturated carbocycles. The lowest BCUT2D eigenvalue weighted by Crippen LogP contribution is -2.51. The maximum absolute atomic E-state index is 12.6. The Labute approximate surface area is 113 Å². The summed E-state index contributed by atoms with van der Waals surface area (Å²) in [6, 6.07) is 2.26. The van der Waals surface area contributed by atoms with Crippen molar-refractivity contribution in [2.75, 3.05) is 13.1 Å². The first-order valence-electron chi connectivity index (χ1n) is 6.76. The molecule has 0 aromatic carbocycles. The third kappa shape index (κ3) is 2.45. The molecular formula is C14H22N2OS. The highest BCUT2D eigenvalue weighted by molar-refractivity contribution is 7.12. The monoisotopic (exact) mass is 266 g/mol. The summed E-state index contributed by atoms with van der Waals surface area (Å²) < 4.78 is 0. The van der Waals surface area contributed by atoms with Crippen LogP contribution in [0.4, 0.5) is 0 Å². The zero-order valence-electron chi connectivity index (χ0n) is 11.2. The van der Waals surface area contributed by atoms with Crippen molar-refractivity contribution in [2.45, 2.75) is 39.2 Å². The summed E-state index contributed by atoms with van der Waals surface area (Å²) in [7, 11) is 0. The number of aryl methyl sites for hydroxylation is 1. The van der Waals surface area contributed by atoms with Crippen molar-refractivity contribution in [3.63, 3.8) is 0 Å². The second-order valence-electron chi connectivity index (χ2n) is 5.05. The van der Waals surface area contributed by atoms with Crippen molar-refractivity contribution in [1.29, 1.82) is 0 Å². The lowest BCUT2D eigenvalue weighted by molar-refractivity contribution is 0.0536. The van der Waals surface area contributed by atoms with Gasteiger partial charge in [-0.1, -0.05) is 13.8 Å². The van der Waals surface area contributed by atoms with Gasteiger partial charge >= 0.3 is 0 Å². The van der Waals surface area contributed by atoms with Gasteiger partial charge in [0.1, 0.15) is 0 Å². The summed E-state index contributed by atoms with van der Waals surface area (Å²) in [6.45, 7) is 5.72. The Morgan fingerprint density at radius 2 is 2.39 bits per heavy atom. The molecule has 0 radical (unpaired) electrons. The fraction of sp³-hybridized carbons (Fsp3) is 0.643. The van der Waals surface area contributed by atoms with E-state index in [9.17, 15) is 4.79 Å². The molecule has 0 bridgehead atoms. The lowest BCUT2D eigenvalue weighted by Gasteiger charge is -2.39. The molecular weight excluding hydrogens is 244 g/mol. The molecule has 1 aliphatic heterocycles. The molecule has 0 unspecified atom stereocenters. The molecule has 2 atom stereocenters. The number of hydrogen-bond donors (Lipinski definition) is 1. The van der Waals surface area contributed by atoms with Crippen LogP contribution in [0.1, 0.15) is 41.9 Å². The van der Waals surface area contributed by atoms with E-state index < -0.39 is 0 Å². The number of amides is 1. The molecule has 0 aliphatic carbocycles. The van der Waals surface area contributed by atoms with Gasteiger partial charge in [-0.15, -0.1) is 11.3 Å². The Morgan fingerprint density at radius 3 is 3.06 bits per heavy atom. The fourth-order valence-electron chi connectivity index (χ4n) is 2.79. The highest BCUT2D eigenvalue weighted by Crippen LogP contribution is 2.27. The van der Waals surface area contributed by atoms with Crippen molar-refractivity contribution in [1.82, 2.24) is 4.90 Å². The van der Waals surface area contributed by atoms with Crippen molar-refractivity contribution < 1.29 is 4.79 Å². The summed E-state index contributed by atoms with van der Waals surface area (Å²) >= 11 is 1.56. The van der Waals surface area contributed by atoms with Gasteiger partial charge < -0.3 is 10.6 Å². The van der Waals surface area contributed by atoms with Crippen LogP contribution in [-0.2, 0) is 6.42 Å². The van der Waals surface area contributed by atoms with Gasteiger partial charge in [0.2, 0.25) is 0 Å². The average Bonchev–Trinajstić information content (AvgIpc) is 2.85. The second kappa shape index (κ2) is 5.85. The van der Waals surface area contributed by atoms with E-state index >= 15 is 0 Å². The molecule has 0 spiro atoms. The van der Waals surface area contributed by atoms with Crippen molar-refractivity contribution in [2.24, 2.45) is 11.7 Å². The van der Waals surface area contributed by atoms with E-state index in [0.29, 0.717) is 12.5 Å². The normalized spacial score (nSPS) is 24.3. The van der Waals surface area contributed by atoms with Crippen LogP contribution in [0.25, 0.3) is 0 Å². The molecule has 3 nitrogen and oxygen atoms in total. The maximum Gasteiger partial charge on any atom is 0.264 e. The molecule has 1 aromatic heterocycles. The first-order chi connectivity index (χ1) is 8.69. The zero-order chi connectivity index (χ0) is 13.1. The smallest absolute Gasteiger partial charge is 0.264 e. The predicted molar refractivity (Wildman–Crippen MR) is 76.0 cm³/mol. The van der Waals surface area contributed by atoms with Gasteiger partial charge in [0.25, 0.3) is 5.91 Å². The number of hydrogen-bond acceptors (Lipinski definition) is 3. The third-order valence-corrected chi connectivity index (χ3v) is 4.88. The van der Waals surface area contributed by atoms with E-state index in [2.05, 4.69) is 19.9 Å². The minimum absolute atomic E-state index is 0.184. The van der Waals surface area contributed by atoms with Gasteiger partial charge in [0, 0.05) is 19.1 Å². The first kappa shape index (κ1) is 13.6. The second-order valence-corrected chi connectivity index (χ2v) is 5.97. The molecule has 18 heavy (non-hydrogen) atoms. The summed E-state index contributed by atoms with van der Waals surface area (Å²) in [6.07, 6.45) is 3.19. The number of likely N-dealkylation sites (tertiary alicyclic amines) is 1. The van der Waals surface area contributed by atoms with Crippen LogP contribution >= 0.6 is 11.3 Å². The van der Waals surface area contributed by atoms with Crippen LogP contribution in [0.15, 0.2) is 11.4 Å². The fourth-order valence-corrected chi connectivity index (χ4v) is 3.74. The van der Waals surface area contributed by atoms with Crippen LogP contribution in [-0.4, -0.2) is 29.9 Å². The summed E-state index contributed by atoms with van der Waals surface area (Å²) in [5.41, 5.74) is 7.02. The summed E-state index contributed by atoms with van der Waals surface area (Å²) in [5, 5.41) is 2.01. The zero-order valence-corrected chi connectivity index (χ0v) is 12.0. The summed E-state index contributed by atoms with van der Waals surface area (Å²) in [4.78, 5) is 15.5. The van der Waals surface area contributed by atoms with Gasteiger partial charge in [0.15, 0.2) is 0 Å². The molecule has 4 heteroatoms. The van der Waals surface area contributed by atoms with Crippen LogP contribution in [0.5, 0.6) is 0 Å². The number of nitrogens with zero attached hydrogens (tertiary/aromatic N) is 1. The van der Waals surface area contributed by atoms with E-state index in [4.69, 9.17) is 5.73 Å². The van der Waals surface area contributed by atoms with Gasteiger partial charge in [-0.2, -0.15) is 0 Å². The van der Waals surface area contributed by atoms with Crippen LogP contribution < -0.4 is 5.73 Å². The Bertz CT molecular complexity index is 416. The Morgan fingerprint density at radius 1 is 1.61 bits per heavy atom. The Balaban J connectivity index is 2.21. The molecule has 1 saturated heterocycles. The highest BCUT2D eigenvalue weighted by atomic mass is 32.1. The SMILES string of the molecule is CCc1ccsc1C(=O)N1CCC[C@H](C)[C@@H]1CN. The van der Waals surface area contributed by atoms with E-state index in [1.807, 2.05) is 10.3 Å². The van der Waals surface area contributed by atoms with E-state index in [0.717, 1.165) is 24.3 Å². The number of carbonyl (C=O) groups excluding carboxylic acids is 1. The molecule has 100 valence electrons. The van der Waals surface area contributed by atoms with Gasteiger partial charge in [-0.05, 0) is 42.2 Å². The topological polar surface area (TPSA) is 46.3 Å². The van der Waals surface area contributed by atoms with Crippen LogP contribution in [0, 0.1) is 5.92 Å². The van der Waals surface area contributed by atoms with Crippen molar-refractivity contribution >= 4 is 17.2 Å². The number of nitrogens with two attached hydrogens (primary N) is 1. The quantitative estimate of drug-likeness (QED) is 0.913. The molecule has 1 aliphatic rings. The number of carbonyl (C=O) groups is 1. The molecule has 2 heterocycles. The minimum Gasteiger partial charge on any atom is -0.333 e. The van der Waals surface area contributed by atoms with Gasteiger partial charge in [-0.3, -0.25) is 4.79 Å². The van der Waals surface area contributed by atoms with Crippen LogP contribution in [0.2, 0.25) is 0 Å². The first-order valence-corrected chi connectivity index (χ1v) is 7.64. The molecule has 1 fully saturated rings. The average molecular weight is 266 g/mol. The number of piperidine rings is 1. The van der Waals surface area contributed by atoms with Crippen molar-refractivity contribution in [3.05, 3.63) is 21.9 Å². The molecule has 1 amide bonds. The van der Waals surface area contributed by atoms with Gasteiger partial charge in [-0.25, -0.2) is 0 Å². The Hall–Kier alpha value is -0.870. The van der Waals surface area contributed by atoms with Crippen LogP contribution in [0.3, 0.4) is 0 Å². The number of thiophene rings is 1. The molecule has 1 aromatic rings. The highest BCUT2D eigenvalue weighted by Gasteiger charge is 2.32. The van der Waals surface area contributed by atoms with Gasteiger partial charge in [0.05, 0.1) is 4.88 Å². The number of rotatable bonds is 3.